The molecule has 0 saturated carbocycles. The van der Waals surface area contributed by atoms with Crippen molar-refractivity contribution >= 4 is 22.0 Å². The smallest absolute Gasteiger partial charge is 0.172 e. The summed E-state index contributed by atoms with van der Waals surface area (Å²) in [4.78, 5) is 0. The summed E-state index contributed by atoms with van der Waals surface area (Å²) in [7, 11) is 1.62. The SMILES string of the molecule is COc1c(Br)cc2c(c1/C=C/CN)OCCO2. The highest BCUT2D eigenvalue weighted by atomic mass is 79.9. The van der Waals surface area contributed by atoms with Crippen molar-refractivity contribution in [1.29, 1.82) is 0 Å². The second-order valence-electron chi connectivity index (χ2n) is 3.47. The molecule has 0 aromatic heterocycles. The van der Waals surface area contributed by atoms with Crippen LogP contribution in [0.4, 0.5) is 0 Å². The number of rotatable bonds is 3. The van der Waals surface area contributed by atoms with Crippen LogP contribution in [0.15, 0.2) is 16.6 Å². The Morgan fingerprint density at radius 3 is 2.94 bits per heavy atom. The summed E-state index contributed by atoms with van der Waals surface area (Å²) in [6, 6.07) is 1.85. The standard InChI is InChI=1S/C12H14BrNO3/c1-15-11-8(3-2-4-14)12-10(7-9(11)13)16-5-6-17-12/h2-3,7H,4-6,14H2,1H3/b3-2+. The lowest BCUT2D eigenvalue weighted by Gasteiger charge is -2.22. The van der Waals surface area contributed by atoms with Gasteiger partial charge in [0, 0.05) is 12.6 Å². The summed E-state index contributed by atoms with van der Waals surface area (Å²) in [5, 5.41) is 0. The molecule has 2 rings (SSSR count). The van der Waals surface area contributed by atoms with Gasteiger partial charge in [-0.2, -0.15) is 0 Å². The van der Waals surface area contributed by atoms with Gasteiger partial charge in [-0.25, -0.2) is 0 Å². The first-order valence-electron chi connectivity index (χ1n) is 5.30. The third kappa shape index (κ3) is 2.40. The van der Waals surface area contributed by atoms with Crippen LogP contribution in [0.1, 0.15) is 5.56 Å². The molecule has 0 unspecified atom stereocenters. The molecule has 0 aliphatic carbocycles. The van der Waals surface area contributed by atoms with E-state index in [9.17, 15) is 0 Å². The van der Waals surface area contributed by atoms with E-state index >= 15 is 0 Å². The molecule has 1 aliphatic heterocycles. The minimum atomic E-state index is 0.464. The predicted octanol–water partition coefficient (Wildman–Crippen LogP) is 2.20. The average molecular weight is 300 g/mol. The molecule has 92 valence electrons. The average Bonchev–Trinajstić information content (AvgIpc) is 2.35. The van der Waals surface area contributed by atoms with Gasteiger partial charge in [0.15, 0.2) is 11.5 Å². The van der Waals surface area contributed by atoms with Crippen molar-refractivity contribution < 1.29 is 14.2 Å². The first-order valence-corrected chi connectivity index (χ1v) is 6.10. The minimum Gasteiger partial charge on any atom is -0.495 e. The van der Waals surface area contributed by atoms with Crippen LogP contribution < -0.4 is 19.9 Å². The second kappa shape index (κ2) is 5.42. The van der Waals surface area contributed by atoms with Gasteiger partial charge in [-0.3, -0.25) is 0 Å². The van der Waals surface area contributed by atoms with Crippen LogP contribution in [0.5, 0.6) is 17.2 Å². The first kappa shape index (κ1) is 12.3. The summed E-state index contributed by atoms with van der Waals surface area (Å²) < 4.78 is 17.4. The molecule has 0 spiro atoms. The number of hydrogen-bond donors (Lipinski definition) is 1. The van der Waals surface area contributed by atoms with Crippen molar-refractivity contribution in [2.24, 2.45) is 5.73 Å². The van der Waals surface area contributed by atoms with Crippen molar-refractivity contribution in [1.82, 2.24) is 0 Å². The molecule has 1 heterocycles. The van der Waals surface area contributed by atoms with Crippen molar-refractivity contribution in [2.75, 3.05) is 26.9 Å². The Labute approximate surface area is 108 Å². The Morgan fingerprint density at radius 2 is 2.24 bits per heavy atom. The van der Waals surface area contributed by atoms with Gasteiger partial charge in [0.25, 0.3) is 0 Å². The number of nitrogens with two attached hydrogens (primary N) is 1. The summed E-state index contributed by atoms with van der Waals surface area (Å²) >= 11 is 3.45. The molecule has 1 aromatic rings. The van der Waals surface area contributed by atoms with E-state index in [0.29, 0.717) is 25.5 Å². The van der Waals surface area contributed by atoms with E-state index in [1.165, 1.54) is 0 Å². The Balaban J connectivity index is 2.57. The second-order valence-corrected chi connectivity index (χ2v) is 4.32. The highest BCUT2D eigenvalue weighted by molar-refractivity contribution is 9.10. The van der Waals surface area contributed by atoms with E-state index in [-0.39, 0.29) is 0 Å². The zero-order valence-corrected chi connectivity index (χ0v) is 11.1. The van der Waals surface area contributed by atoms with Crippen LogP contribution in [-0.4, -0.2) is 26.9 Å². The van der Waals surface area contributed by atoms with Crippen molar-refractivity contribution in [3.63, 3.8) is 0 Å². The summed E-state index contributed by atoms with van der Waals surface area (Å²) in [5.41, 5.74) is 6.32. The maximum atomic E-state index is 5.63. The van der Waals surface area contributed by atoms with E-state index in [1.54, 1.807) is 7.11 Å². The third-order valence-corrected chi connectivity index (χ3v) is 2.99. The van der Waals surface area contributed by atoms with Crippen molar-refractivity contribution in [3.8, 4) is 17.2 Å². The lowest BCUT2D eigenvalue weighted by Crippen LogP contribution is -2.16. The number of ether oxygens (including phenoxy) is 3. The van der Waals surface area contributed by atoms with E-state index in [0.717, 1.165) is 21.5 Å². The molecule has 0 amide bonds. The molecule has 17 heavy (non-hydrogen) atoms. The van der Waals surface area contributed by atoms with Crippen LogP contribution >= 0.6 is 15.9 Å². The maximum Gasteiger partial charge on any atom is 0.172 e. The highest BCUT2D eigenvalue weighted by Gasteiger charge is 2.21. The van der Waals surface area contributed by atoms with Gasteiger partial charge >= 0.3 is 0 Å². The van der Waals surface area contributed by atoms with Gasteiger partial charge < -0.3 is 19.9 Å². The lowest BCUT2D eigenvalue weighted by molar-refractivity contribution is 0.170. The summed E-state index contributed by atoms with van der Waals surface area (Å²) in [5.74, 6) is 2.15. The number of hydrogen-bond acceptors (Lipinski definition) is 4. The molecule has 1 aliphatic rings. The fraction of sp³-hybridized carbons (Fsp3) is 0.333. The Bertz CT molecular complexity index is 446. The molecular formula is C12H14BrNO3. The van der Waals surface area contributed by atoms with Crippen LogP contribution in [-0.2, 0) is 0 Å². The van der Waals surface area contributed by atoms with Gasteiger partial charge in [-0.15, -0.1) is 0 Å². The fourth-order valence-electron chi connectivity index (χ4n) is 1.71. The Hall–Kier alpha value is -1.20. The van der Waals surface area contributed by atoms with E-state index < -0.39 is 0 Å². The van der Waals surface area contributed by atoms with Gasteiger partial charge in [-0.05, 0) is 15.9 Å². The van der Waals surface area contributed by atoms with Gasteiger partial charge in [-0.1, -0.05) is 12.2 Å². The summed E-state index contributed by atoms with van der Waals surface area (Å²) in [6.45, 7) is 1.57. The Morgan fingerprint density at radius 1 is 1.47 bits per heavy atom. The molecular weight excluding hydrogens is 286 g/mol. The number of benzene rings is 1. The molecule has 0 saturated heterocycles. The van der Waals surface area contributed by atoms with E-state index in [4.69, 9.17) is 19.9 Å². The third-order valence-electron chi connectivity index (χ3n) is 2.40. The topological polar surface area (TPSA) is 53.7 Å². The predicted molar refractivity (Wildman–Crippen MR) is 69.8 cm³/mol. The largest absolute Gasteiger partial charge is 0.495 e. The van der Waals surface area contributed by atoms with Crippen LogP contribution in [0.25, 0.3) is 6.08 Å². The molecule has 0 radical (unpaired) electrons. The quantitative estimate of drug-likeness (QED) is 0.930. The van der Waals surface area contributed by atoms with Crippen molar-refractivity contribution in [2.45, 2.75) is 0 Å². The number of fused-ring (bicyclic) bond motifs is 1. The molecule has 0 fully saturated rings. The normalized spacial score (nSPS) is 14.1. The van der Waals surface area contributed by atoms with Crippen LogP contribution in [0.2, 0.25) is 0 Å². The molecule has 0 bridgehead atoms. The maximum absolute atomic E-state index is 5.63. The molecule has 2 N–H and O–H groups in total. The summed E-state index contributed by atoms with van der Waals surface area (Å²) in [6.07, 6.45) is 3.74. The molecule has 1 aromatic carbocycles. The minimum absolute atomic E-state index is 0.464. The highest BCUT2D eigenvalue weighted by Crippen LogP contribution is 2.44. The van der Waals surface area contributed by atoms with E-state index in [1.807, 2.05) is 18.2 Å². The van der Waals surface area contributed by atoms with Gasteiger partial charge in [0.2, 0.25) is 0 Å². The zero-order valence-electron chi connectivity index (χ0n) is 9.53. The Kier molecular flexibility index (Phi) is 3.91. The monoisotopic (exact) mass is 299 g/mol. The molecule has 0 atom stereocenters. The molecule has 4 nitrogen and oxygen atoms in total. The van der Waals surface area contributed by atoms with Gasteiger partial charge in [0.1, 0.15) is 19.0 Å². The fourth-order valence-corrected chi connectivity index (χ4v) is 2.29. The molecule has 5 heteroatoms. The van der Waals surface area contributed by atoms with Crippen LogP contribution in [0, 0.1) is 0 Å². The number of methoxy groups -OCH3 is 1. The number of halogens is 1. The zero-order chi connectivity index (χ0) is 12.3. The van der Waals surface area contributed by atoms with Crippen LogP contribution in [0.3, 0.4) is 0 Å². The first-order chi connectivity index (χ1) is 8.27. The van der Waals surface area contributed by atoms with Gasteiger partial charge in [0.05, 0.1) is 17.1 Å². The van der Waals surface area contributed by atoms with Crippen molar-refractivity contribution in [3.05, 3.63) is 22.2 Å². The lowest BCUT2D eigenvalue weighted by atomic mass is 10.1. The van der Waals surface area contributed by atoms with E-state index in [2.05, 4.69) is 15.9 Å².